The van der Waals surface area contributed by atoms with Crippen LogP contribution in [0.3, 0.4) is 0 Å². The van der Waals surface area contributed by atoms with Crippen molar-refractivity contribution >= 4 is 27.7 Å². The van der Waals surface area contributed by atoms with Crippen molar-refractivity contribution in [3.05, 3.63) is 60.7 Å². The van der Waals surface area contributed by atoms with E-state index in [9.17, 15) is 8.42 Å². The van der Waals surface area contributed by atoms with Crippen LogP contribution in [0.15, 0.2) is 75.4 Å². The minimum absolute atomic E-state index is 0.264. The molecule has 2 aromatic carbocycles. The molecule has 0 saturated carbocycles. The molecule has 8 heteroatoms. The molecule has 0 unspecified atom stereocenters. The highest BCUT2D eigenvalue weighted by Gasteiger charge is 2.11. The normalized spacial score (nSPS) is 12.0. The van der Waals surface area contributed by atoms with Gasteiger partial charge in [-0.25, -0.2) is 13.1 Å². The zero-order valence-electron chi connectivity index (χ0n) is 14.7. The van der Waals surface area contributed by atoms with Crippen molar-refractivity contribution in [2.75, 3.05) is 32.4 Å². The molecule has 140 valence electrons. The van der Waals surface area contributed by atoms with Gasteiger partial charge in [0.05, 0.1) is 4.90 Å². The van der Waals surface area contributed by atoms with E-state index >= 15 is 0 Å². The van der Waals surface area contributed by atoms with Crippen LogP contribution < -0.4 is 15.4 Å². The molecule has 0 heterocycles. The van der Waals surface area contributed by atoms with E-state index in [1.807, 2.05) is 18.2 Å². The van der Waals surface area contributed by atoms with Gasteiger partial charge in [-0.1, -0.05) is 36.4 Å². The molecule has 0 amide bonds. The molecule has 0 spiro atoms. The second kappa shape index (κ2) is 10.8. The Morgan fingerprint density at radius 1 is 0.923 bits per heavy atom. The monoisotopic (exact) mass is 392 g/mol. The number of rotatable bonds is 9. The second-order valence-corrected chi connectivity index (χ2v) is 8.23. The van der Waals surface area contributed by atoms with E-state index in [-0.39, 0.29) is 11.4 Å². The molecule has 0 fully saturated rings. The minimum atomic E-state index is -3.47. The van der Waals surface area contributed by atoms with Crippen LogP contribution in [0.4, 0.5) is 0 Å². The van der Waals surface area contributed by atoms with Gasteiger partial charge in [0.1, 0.15) is 0 Å². The number of hydrogen-bond acceptors (Lipinski definition) is 4. The number of sulfonamides is 1. The summed E-state index contributed by atoms with van der Waals surface area (Å²) in [5.41, 5.74) is 0. The molecule has 0 aliphatic heterocycles. The molecule has 0 aliphatic rings. The Balaban J connectivity index is 1.64. The third kappa shape index (κ3) is 7.07. The predicted molar refractivity (Wildman–Crippen MR) is 108 cm³/mol. The molecule has 0 bridgehead atoms. The van der Waals surface area contributed by atoms with Gasteiger partial charge in [0.2, 0.25) is 10.0 Å². The van der Waals surface area contributed by atoms with Gasteiger partial charge in [0, 0.05) is 37.3 Å². The van der Waals surface area contributed by atoms with Crippen LogP contribution in [0.5, 0.6) is 0 Å². The first-order valence-corrected chi connectivity index (χ1v) is 10.8. The van der Waals surface area contributed by atoms with Gasteiger partial charge in [-0.15, -0.1) is 11.8 Å². The van der Waals surface area contributed by atoms with Crippen molar-refractivity contribution in [1.82, 2.24) is 15.4 Å². The first kappa shape index (κ1) is 20.3. The van der Waals surface area contributed by atoms with Crippen LogP contribution in [-0.4, -0.2) is 46.8 Å². The summed E-state index contributed by atoms with van der Waals surface area (Å²) < 4.78 is 26.8. The Morgan fingerprint density at radius 3 is 2.19 bits per heavy atom. The van der Waals surface area contributed by atoms with Gasteiger partial charge >= 0.3 is 0 Å². The largest absolute Gasteiger partial charge is 0.356 e. The highest BCUT2D eigenvalue weighted by molar-refractivity contribution is 7.99. The maximum atomic E-state index is 12.1. The molecule has 6 nitrogen and oxygen atoms in total. The Hall–Kier alpha value is -2.03. The number of aliphatic imine (C=N–C) groups is 1. The molecule has 3 N–H and O–H groups in total. The van der Waals surface area contributed by atoms with Crippen LogP contribution in [0.25, 0.3) is 0 Å². The number of hydrogen-bond donors (Lipinski definition) is 3. The zero-order chi connectivity index (χ0) is 18.7. The number of nitrogens with one attached hydrogen (secondary N) is 3. The average molecular weight is 393 g/mol. The second-order valence-electron chi connectivity index (χ2n) is 5.30. The van der Waals surface area contributed by atoms with Gasteiger partial charge in [-0.05, 0) is 24.3 Å². The van der Waals surface area contributed by atoms with Crippen molar-refractivity contribution in [3.8, 4) is 0 Å². The van der Waals surface area contributed by atoms with Crippen LogP contribution in [0, 0.1) is 0 Å². The third-order valence-electron chi connectivity index (χ3n) is 3.39. The van der Waals surface area contributed by atoms with E-state index < -0.39 is 10.0 Å². The topological polar surface area (TPSA) is 82.6 Å². The van der Waals surface area contributed by atoms with Crippen molar-refractivity contribution in [2.24, 2.45) is 4.99 Å². The summed E-state index contributed by atoms with van der Waals surface area (Å²) in [4.78, 5) is 5.63. The van der Waals surface area contributed by atoms with Crippen molar-refractivity contribution in [1.29, 1.82) is 0 Å². The van der Waals surface area contributed by atoms with Gasteiger partial charge in [-0.3, -0.25) is 4.99 Å². The smallest absolute Gasteiger partial charge is 0.240 e. The lowest BCUT2D eigenvalue weighted by atomic mass is 10.4. The van der Waals surface area contributed by atoms with E-state index in [4.69, 9.17) is 0 Å². The van der Waals surface area contributed by atoms with E-state index in [0.717, 1.165) is 12.3 Å². The SMILES string of the molecule is CN=C(NCCNS(=O)(=O)c1ccccc1)NCCSc1ccccc1. The number of thioether (sulfide) groups is 1. The lowest BCUT2D eigenvalue weighted by molar-refractivity contribution is 0.580. The predicted octanol–water partition coefficient (Wildman–Crippen LogP) is 1.92. The Morgan fingerprint density at radius 2 is 1.54 bits per heavy atom. The van der Waals surface area contributed by atoms with Crippen LogP contribution in [-0.2, 0) is 10.0 Å². The summed E-state index contributed by atoms with van der Waals surface area (Å²) in [6.07, 6.45) is 0. The average Bonchev–Trinajstić information content (AvgIpc) is 2.68. The number of guanidine groups is 1. The summed E-state index contributed by atoms with van der Waals surface area (Å²) in [6, 6.07) is 18.5. The highest BCUT2D eigenvalue weighted by atomic mass is 32.2. The molecule has 0 atom stereocenters. The molecule has 2 aromatic rings. The fourth-order valence-electron chi connectivity index (χ4n) is 2.12. The first-order valence-electron chi connectivity index (χ1n) is 8.29. The highest BCUT2D eigenvalue weighted by Crippen LogP contribution is 2.15. The fourth-order valence-corrected chi connectivity index (χ4v) is 3.97. The summed E-state index contributed by atoms with van der Waals surface area (Å²) in [6.45, 7) is 1.48. The quantitative estimate of drug-likeness (QED) is 0.263. The summed E-state index contributed by atoms with van der Waals surface area (Å²) >= 11 is 1.77. The van der Waals surface area contributed by atoms with Crippen LogP contribution in [0.1, 0.15) is 0 Å². The van der Waals surface area contributed by atoms with E-state index in [1.165, 1.54) is 4.90 Å². The Kier molecular flexibility index (Phi) is 8.46. The summed E-state index contributed by atoms with van der Waals surface area (Å²) in [5.74, 6) is 1.56. The standard InChI is InChI=1S/C18H24N4O2S2/c1-19-18(21-14-15-25-16-8-4-2-5-9-16)20-12-13-22-26(23,24)17-10-6-3-7-11-17/h2-11,22H,12-15H2,1H3,(H2,19,20,21). The molecule has 2 rings (SSSR count). The minimum Gasteiger partial charge on any atom is -0.356 e. The summed E-state index contributed by atoms with van der Waals surface area (Å²) in [7, 11) is -1.78. The zero-order valence-corrected chi connectivity index (χ0v) is 16.3. The maximum Gasteiger partial charge on any atom is 0.240 e. The first-order chi connectivity index (χ1) is 12.6. The van der Waals surface area contributed by atoms with Crippen molar-refractivity contribution in [2.45, 2.75) is 9.79 Å². The van der Waals surface area contributed by atoms with Crippen molar-refractivity contribution < 1.29 is 8.42 Å². The lowest BCUT2D eigenvalue weighted by Gasteiger charge is -2.12. The molecule has 0 radical (unpaired) electrons. The molecule has 0 aliphatic carbocycles. The summed E-state index contributed by atoms with van der Waals surface area (Å²) in [5, 5.41) is 6.30. The Labute approximate surface area is 159 Å². The van der Waals surface area contributed by atoms with E-state index in [0.29, 0.717) is 12.5 Å². The van der Waals surface area contributed by atoms with Gasteiger partial charge in [-0.2, -0.15) is 0 Å². The fraction of sp³-hybridized carbons (Fsp3) is 0.278. The molecule has 0 aromatic heterocycles. The van der Waals surface area contributed by atoms with E-state index in [1.54, 1.807) is 49.1 Å². The Bertz CT molecular complexity index is 781. The van der Waals surface area contributed by atoms with Crippen molar-refractivity contribution in [3.63, 3.8) is 0 Å². The third-order valence-corrected chi connectivity index (χ3v) is 5.88. The maximum absolute atomic E-state index is 12.1. The van der Waals surface area contributed by atoms with Gasteiger partial charge < -0.3 is 10.6 Å². The molecule has 26 heavy (non-hydrogen) atoms. The van der Waals surface area contributed by atoms with Crippen LogP contribution >= 0.6 is 11.8 Å². The van der Waals surface area contributed by atoms with Gasteiger partial charge in [0.15, 0.2) is 5.96 Å². The molecular weight excluding hydrogens is 368 g/mol. The lowest BCUT2D eigenvalue weighted by Crippen LogP contribution is -2.42. The molecular formula is C18H24N4O2S2. The van der Waals surface area contributed by atoms with Crippen LogP contribution in [0.2, 0.25) is 0 Å². The molecule has 0 saturated heterocycles. The number of benzene rings is 2. The van der Waals surface area contributed by atoms with E-state index in [2.05, 4.69) is 32.5 Å². The van der Waals surface area contributed by atoms with Gasteiger partial charge in [0.25, 0.3) is 0 Å². The number of nitrogens with zero attached hydrogens (tertiary/aromatic N) is 1.